The zero-order valence-electron chi connectivity index (χ0n) is 11.2. The van der Waals surface area contributed by atoms with Crippen molar-refractivity contribution in [1.82, 2.24) is 4.90 Å². The SMILES string of the molecule is C=CC(=O)N1CCCC(S(=O)(=O)Nc2ccccc2)C1. The van der Waals surface area contributed by atoms with Crippen LogP contribution in [-0.4, -0.2) is 37.6 Å². The highest BCUT2D eigenvalue weighted by molar-refractivity contribution is 7.93. The molecular weight excluding hydrogens is 276 g/mol. The van der Waals surface area contributed by atoms with Crippen LogP contribution in [0.25, 0.3) is 0 Å². The Morgan fingerprint density at radius 1 is 1.35 bits per heavy atom. The molecule has 0 aliphatic carbocycles. The van der Waals surface area contributed by atoms with Gasteiger partial charge in [0.2, 0.25) is 15.9 Å². The summed E-state index contributed by atoms with van der Waals surface area (Å²) in [5, 5.41) is -0.583. The predicted octanol–water partition coefficient (Wildman–Crippen LogP) is 1.61. The van der Waals surface area contributed by atoms with Crippen molar-refractivity contribution in [2.75, 3.05) is 17.8 Å². The Morgan fingerprint density at radius 2 is 2.05 bits per heavy atom. The smallest absolute Gasteiger partial charge is 0.245 e. The van der Waals surface area contributed by atoms with Crippen LogP contribution in [0.15, 0.2) is 43.0 Å². The second-order valence-corrected chi connectivity index (χ2v) is 6.73. The fourth-order valence-electron chi connectivity index (χ4n) is 2.27. The highest BCUT2D eigenvalue weighted by Crippen LogP contribution is 2.20. The van der Waals surface area contributed by atoms with E-state index < -0.39 is 15.3 Å². The topological polar surface area (TPSA) is 66.5 Å². The number of sulfonamides is 1. The number of nitrogens with one attached hydrogen (secondary N) is 1. The molecule has 0 radical (unpaired) electrons. The molecule has 0 spiro atoms. The first-order chi connectivity index (χ1) is 9.53. The fraction of sp³-hybridized carbons (Fsp3) is 0.357. The van der Waals surface area contributed by atoms with E-state index in [-0.39, 0.29) is 12.5 Å². The van der Waals surface area contributed by atoms with Crippen molar-refractivity contribution in [2.24, 2.45) is 0 Å². The highest BCUT2D eigenvalue weighted by atomic mass is 32.2. The van der Waals surface area contributed by atoms with Crippen molar-refractivity contribution in [1.29, 1.82) is 0 Å². The van der Waals surface area contributed by atoms with Crippen LogP contribution in [0.2, 0.25) is 0 Å². The van der Waals surface area contributed by atoms with E-state index in [1.54, 1.807) is 24.3 Å². The molecule has 0 bridgehead atoms. The number of nitrogens with zero attached hydrogens (tertiary/aromatic N) is 1. The molecular formula is C14H18N2O3S. The van der Waals surface area contributed by atoms with Gasteiger partial charge in [0.1, 0.15) is 0 Å². The minimum Gasteiger partial charge on any atom is -0.338 e. The third-order valence-corrected chi connectivity index (χ3v) is 5.12. The molecule has 2 rings (SSSR count). The number of likely N-dealkylation sites (tertiary alicyclic amines) is 1. The molecule has 1 aromatic rings. The molecule has 6 heteroatoms. The van der Waals surface area contributed by atoms with E-state index in [1.165, 1.54) is 11.0 Å². The van der Waals surface area contributed by atoms with E-state index in [9.17, 15) is 13.2 Å². The maximum Gasteiger partial charge on any atom is 0.245 e. The van der Waals surface area contributed by atoms with Gasteiger partial charge in [0.05, 0.1) is 5.25 Å². The number of para-hydroxylation sites is 1. The molecule has 1 N–H and O–H groups in total. The molecule has 1 amide bonds. The third kappa shape index (κ3) is 3.39. The lowest BCUT2D eigenvalue weighted by molar-refractivity contribution is -0.126. The Morgan fingerprint density at radius 3 is 2.70 bits per heavy atom. The molecule has 5 nitrogen and oxygen atoms in total. The number of carbonyl (C=O) groups excluding carboxylic acids is 1. The molecule has 1 fully saturated rings. The first-order valence-corrected chi connectivity index (χ1v) is 8.05. The van der Waals surface area contributed by atoms with Crippen molar-refractivity contribution >= 4 is 21.6 Å². The standard InChI is InChI=1S/C14H18N2O3S/c1-2-14(17)16-10-6-9-13(11-16)20(18,19)15-12-7-4-3-5-8-12/h2-5,7-8,13,15H,1,6,9-11H2. The second-order valence-electron chi connectivity index (χ2n) is 4.77. The van der Waals surface area contributed by atoms with Gasteiger partial charge in [0.25, 0.3) is 0 Å². The van der Waals surface area contributed by atoms with E-state index >= 15 is 0 Å². The van der Waals surface area contributed by atoms with E-state index in [1.807, 2.05) is 6.07 Å². The number of anilines is 1. The Kier molecular flexibility index (Phi) is 4.44. The number of rotatable bonds is 4. The maximum atomic E-state index is 12.3. The summed E-state index contributed by atoms with van der Waals surface area (Å²) >= 11 is 0. The minimum atomic E-state index is -3.49. The summed E-state index contributed by atoms with van der Waals surface area (Å²) in [5.74, 6) is -0.218. The summed E-state index contributed by atoms with van der Waals surface area (Å²) in [6.07, 6.45) is 2.46. The van der Waals surface area contributed by atoms with Crippen LogP contribution in [-0.2, 0) is 14.8 Å². The Balaban J connectivity index is 2.09. The van der Waals surface area contributed by atoms with Crippen LogP contribution < -0.4 is 4.72 Å². The van der Waals surface area contributed by atoms with Crippen molar-refractivity contribution in [2.45, 2.75) is 18.1 Å². The minimum absolute atomic E-state index is 0.215. The lowest BCUT2D eigenvalue weighted by Crippen LogP contribution is -2.46. The van der Waals surface area contributed by atoms with Crippen molar-refractivity contribution in [3.05, 3.63) is 43.0 Å². The average molecular weight is 294 g/mol. The van der Waals surface area contributed by atoms with Gasteiger partial charge in [-0.3, -0.25) is 9.52 Å². The number of hydrogen-bond acceptors (Lipinski definition) is 3. The summed E-state index contributed by atoms with van der Waals surface area (Å²) in [4.78, 5) is 13.1. The van der Waals surface area contributed by atoms with Gasteiger partial charge in [-0.25, -0.2) is 8.42 Å². The molecule has 0 saturated carbocycles. The Hall–Kier alpha value is -1.82. The molecule has 1 aromatic carbocycles. The Labute approximate surface area is 119 Å². The zero-order chi connectivity index (χ0) is 14.6. The largest absolute Gasteiger partial charge is 0.338 e. The first-order valence-electron chi connectivity index (χ1n) is 6.51. The third-order valence-electron chi connectivity index (χ3n) is 3.34. The molecule has 108 valence electrons. The zero-order valence-corrected chi connectivity index (χ0v) is 12.0. The summed E-state index contributed by atoms with van der Waals surface area (Å²) in [7, 11) is -3.49. The van der Waals surface area contributed by atoms with E-state index in [0.717, 1.165) is 0 Å². The van der Waals surface area contributed by atoms with Gasteiger partial charge in [0.15, 0.2) is 0 Å². The number of amides is 1. The molecule has 1 saturated heterocycles. The van der Waals surface area contributed by atoms with E-state index in [0.29, 0.717) is 25.1 Å². The molecule has 1 aliphatic rings. The molecule has 1 heterocycles. The van der Waals surface area contributed by atoms with Gasteiger partial charge in [-0.15, -0.1) is 0 Å². The van der Waals surface area contributed by atoms with Crippen LogP contribution in [0.5, 0.6) is 0 Å². The quantitative estimate of drug-likeness (QED) is 0.858. The van der Waals surface area contributed by atoms with Crippen molar-refractivity contribution < 1.29 is 13.2 Å². The summed E-state index contributed by atoms with van der Waals surface area (Å²) in [5.41, 5.74) is 0.541. The number of benzene rings is 1. The number of hydrogen-bond donors (Lipinski definition) is 1. The lowest BCUT2D eigenvalue weighted by atomic mass is 10.1. The monoisotopic (exact) mass is 294 g/mol. The molecule has 1 unspecified atom stereocenters. The summed E-state index contributed by atoms with van der Waals surface area (Å²) in [6, 6.07) is 8.77. The van der Waals surface area contributed by atoms with Gasteiger partial charge < -0.3 is 4.90 Å². The first kappa shape index (κ1) is 14.6. The number of piperidine rings is 1. The van der Waals surface area contributed by atoms with Gasteiger partial charge in [0, 0.05) is 18.8 Å². The van der Waals surface area contributed by atoms with E-state index in [4.69, 9.17) is 0 Å². The second kappa shape index (κ2) is 6.09. The van der Waals surface area contributed by atoms with Gasteiger partial charge >= 0.3 is 0 Å². The molecule has 1 aliphatic heterocycles. The van der Waals surface area contributed by atoms with E-state index in [2.05, 4.69) is 11.3 Å². The highest BCUT2D eigenvalue weighted by Gasteiger charge is 2.32. The van der Waals surface area contributed by atoms with Crippen LogP contribution in [0.1, 0.15) is 12.8 Å². The van der Waals surface area contributed by atoms with Crippen molar-refractivity contribution in [3.63, 3.8) is 0 Å². The average Bonchev–Trinajstić information content (AvgIpc) is 2.47. The normalized spacial score (nSPS) is 19.4. The summed E-state index contributed by atoms with van der Waals surface area (Å²) in [6.45, 7) is 4.24. The van der Waals surface area contributed by atoms with Crippen LogP contribution in [0, 0.1) is 0 Å². The fourth-order valence-corrected chi connectivity index (χ4v) is 3.76. The van der Waals surface area contributed by atoms with Crippen molar-refractivity contribution in [3.8, 4) is 0 Å². The van der Waals surface area contributed by atoms with Gasteiger partial charge in [-0.2, -0.15) is 0 Å². The molecule has 1 atom stereocenters. The van der Waals surface area contributed by atoms with Crippen LogP contribution in [0.3, 0.4) is 0 Å². The Bertz CT molecular complexity index is 584. The maximum absolute atomic E-state index is 12.3. The van der Waals surface area contributed by atoms with Gasteiger partial charge in [-0.1, -0.05) is 24.8 Å². The predicted molar refractivity (Wildman–Crippen MR) is 78.8 cm³/mol. The van der Waals surface area contributed by atoms with Crippen LogP contribution in [0.4, 0.5) is 5.69 Å². The summed E-state index contributed by atoms with van der Waals surface area (Å²) < 4.78 is 27.2. The number of carbonyl (C=O) groups is 1. The molecule has 20 heavy (non-hydrogen) atoms. The van der Waals surface area contributed by atoms with Gasteiger partial charge in [-0.05, 0) is 31.1 Å². The van der Waals surface area contributed by atoms with Crippen LogP contribution >= 0.6 is 0 Å². The lowest BCUT2D eigenvalue weighted by Gasteiger charge is -2.31. The molecule has 0 aromatic heterocycles.